The molecule has 0 fully saturated rings. The number of benzene rings is 1. The quantitative estimate of drug-likeness (QED) is 0.663. The van der Waals surface area contributed by atoms with Gasteiger partial charge in [-0.05, 0) is 13.8 Å². The summed E-state index contributed by atoms with van der Waals surface area (Å²) in [5, 5.41) is 8.59. The summed E-state index contributed by atoms with van der Waals surface area (Å²) in [5.41, 5.74) is 0.631. The Morgan fingerprint density at radius 1 is 1.26 bits per heavy atom. The summed E-state index contributed by atoms with van der Waals surface area (Å²) < 4.78 is -0.235. The standard InChI is InChI=1S/C13H14O3S3/c1-13(2,19-12(17)18-8-10(14)15)11(16)9-6-4-3-5-7-9/h3-7H,8H2,1-2H3,(H,14,15). The number of carboxylic acids is 1. The topological polar surface area (TPSA) is 54.4 Å². The van der Waals surface area contributed by atoms with Crippen molar-refractivity contribution in [3.05, 3.63) is 35.9 Å². The van der Waals surface area contributed by atoms with Gasteiger partial charge in [-0.1, -0.05) is 66.1 Å². The monoisotopic (exact) mass is 314 g/mol. The summed E-state index contributed by atoms with van der Waals surface area (Å²) in [4.78, 5) is 22.8. The maximum absolute atomic E-state index is 12.3. The summed E-state index contributed by atoms with van der Waals surface area (Å²) in [5.74, 6) is -1.02. The molecule has 0 radical (unpaired) electrons. The van der Waals surface area contributed by atoms with E-state index in [0.29, 0.717) is 9.09 Å². The number of thiocarbonyl (C=S) groups is 1. The van der Waals surface area contributed by atoms with Gasteiger partial charge in [-0.15, -0.1) is 0 Å². The molecule has 0 aliphatic rings. The average molecular weight is 314 g/mol. The van der Waals surface area contributed by atoms with Gasteiger partial charge in [-0.2, -0.15) is 0 Å². The number of thioether (sulfide) groups is 2. The van der Waals surface area contributed by atoms with Crippen LogP contribution >= 0.6 is 35.7 Å². The summed E-state index contributed by atoms with van der Waals surface area (Å²) in [7, 11) is 0. The lowest BCUT2D eigenvalue weighted by Crippen LogP contribution is -2.29. The molecule has 0 aliphatic heterocycles. The van der Waals surface area contributed by atoms with E-state index in [2.05, 4.69) is 0 Å². The third-order valence-electron chi connectivity index (χ3n) is 2.23. The molecule has 102 valence electrons. The molecule has 0 aliphatic carbocycles. The first-order valence-corrected chi connectivity index (χ1v) is 7.71. The van der Waals surface area contributed by atoms with Gasteiger partial charge in [0.05, 0.1) is 10.5 Å². The smallest absolute Gasteiger partial charge is 0.313 e. The molecule has 6 heteroatoms. The summed E-state index contributed by atoms with van der Waals surface area (Å²) in [6.45, 7) is 3.58. The van der Waals surface area contributed by atoms with Crippen LogP contribution in [0.5, 0.6) is 0 Å². The maximum atomic E-state index is 12.3. The SMILES string of the molecule is CC(C)(SC(=S)SCC(=O)O)C(=O)c1ccccc1. The van der Waals surface area contributed by atoms with Crippen molar-refractivity contribution in [3.8, 4) is 0 Å². The van der Waals surface area contributed by atoms with Gasteiger partial charge >= 0.3 is 5.97 Å². The van der Waals surface area contributed by atoms with Crippen molar-refractivity contribution in [1.29, 1.82) is 0 Å². The minimum Gasteiger partial charge on any atom is -0.481 e. The first-order valence-electron chi connectivity index (χ1n) is 5.50. The van der Waals surface area contributed by atoms with Crippen molar-refractivity contribution < 1.29 is 14.7 Å². The lowest BCUT2D eigenvalue weighted by Gasteiger charge is -2.22. The highest BCUT2D eigenvalue weighted by Crippen LogP contribution is 2.33. The Labute approximate surface area is 126 Å². The third kappa shape index (κ3) is 5.34. The summed E-state index contributed by atoms with van der Waals surface area (Å²) in [6, 6.07) is 9.00. The van der Waals surface area contributed by atoms with Gasteiger partial charge in [0.2, 0.25) is 0 Å². The van der Waals surface area contributed by atoms with Crippen LogP contribution in [-0.2, 0) is 4.79 Å². The molecular formula is C13H14O3S3. The first kappa shape index (κ1) is 16.2. The Morgan fingerprint density at radius 2 is 1.84 bits per heavy atom. The zero-order valence-corrected chi connectivity index (χ0v) is 13.0. The lowest BCUT2D eigenvalue weighted by atomic mass is 10.0. The van der Waals surface area contributed by atoms with E-state index in [1.165, 1.54) is 11.8 Å². The van der Waals surface area contributed by atoms with Gasteiger partial charge in [0.15, 0.2) is 5.78 Å². The Balaban J connectivity index is 2.68. The van der Waals surface area contributed by atoms with Crippen LogP contribution in [-0.4, -0.2) is 30.9 Å². The van der Waals surface area contributed by atoms with Crippen molar-refractivity contribution in [2.45, 2.75) is 18.6 Å². The Hall–Kier alpha value is -0.850. The third-order valence-corrected chi connectivity index (χ3v) is 4.93. The van der Waals surface area contributed by atoms with Crippen LogP contribution < -0.4 is 0 Å². The van der Waals surface area contributed by atoms with Crippen LogP contribution in [0.2, 0.25) is 0 Å². The second kappa shape index (κ2) is 7.07. The molecule has 0 bridgehead atoms. The van der Waals surface area contributed by atoms with Gasteiger partial charge < -0.3 is 5.11 Å². The van der Waals surface area contributed by atoms with E-state index in [0.717, 1.165) is 11.8 Å². The van der Waals surface area contributed by atoms with Crippen LogP contribution in [0.25, 0.3) is 0 Å². The Morgan fingerprint density at radius 3 is 2.37 bits per heavy atom. The van der Waals surface area contributed by atoms with Gasteiger partial charge in [0, 0.05) is 5.56 Å². The number of rotatable bonds is 5. The second-order valence-corrected chi connectivity index (χ2v) is 8.04. The fourth-order valence-electron chi connectivity index (χ4n) is 1.34. The maximum Gasteiger partial charge on any atom is 0.313 e. The normalized spacial score (nSPS) is 11.1. The number of Topliss-reactive ketones (excluding diaryl/α,β-unsaturated/α-hetero) is 1. The fraction of sp³-hybridized carbons (Fsp3) is 0.308. The Bertz CT molecular complexity index is 483. The van der Waals surface area contributed by atoms with E-state index in [1.807, 2.05) is 18.2 Å². The molecule has 1 aromatic rings. The van der Waals surface area contributed by atoms with E-state index < -0.39 is 10.7 Å². The predicted octanol–water partition coefficient (Wildman–Crippen LogP) is 3.48. The fourth-order valence-corrected chi connectivity index (χ4v) is 4.05. The number of aliphatic carboxylic acids is 1. The summed E-state index contributed by atoms with van der Waals surface area (Å²) >= 11 is 7.40. The molecule has 3 nitrogen and oxygen atoms in total. The highest BCUT2D eigenvalue weighted by atomic mass is 32.2. The number of hydrogen-bond acceptors (Lipinski definition) is 5. The molecule has 0 atom stereocenters. The molecule has 0 saturated heterocycles. The lowest BCUT2D eigenvalue weighted by molar-refractivity contribution is -0.133. The van der Waals surface area contributed by atoms with Crippen molar-refractivity contribution in [3.63, 3.8) is 0 Å². The van der Waals surface area contributed by atoms with E-state index in [4.69, 9.17) is 17.3 Å². The number of carboxylic acid groups (broad SMARTS) is 1. The average Bonchev–Trinajstić information content (AvgIpc) is 2.36. The molecule has 0 aromatic heterocycles. The second-order valence-electron chi connectivity index (χ2n) is 4.24. The minimum atomic E-state index is -0.917. The number of carbonyl (C=O) groups excluding carboxylic acids is 1. The van der Waals surface area contributed by atoms with Crippen LogP contribution in [0.3, 0.4) is 0 Å². The van der Waals surface area contributed by atoms with Crippen molar-refractivity contribution in [2.75, 3.05) is 5.75 Å². The summed E-state index contributed by atoms with van der Waals surface area (Å²) in [6.07, 6.45) is 0. The minimum absolute atomic E-state index is 0.0172. The van der Waals surface area contributed by atoms with Gasteiger partial charge in [-0.25, -0.2) is 0 Å². The van der Waals surface area contributed by atoms with E-state index in [9.17, 15) is 9.59 Å². The van der Waals surface area contributed by atoms with Crippen LogP contribution in [0.4, 0.5) is 0 Å². The molecule has 1 rings (SSSR count). The highest BCUT2D eigenvalue weighted by Gasteiger charge is 2.31. The van der Waals surface area contributed by atoms with Crippen molar-refractivity contribution in [2.24, 2.45) is 0 Å². The number of carbonyl (C=O) groups is 2. The molecule has 0 saturated carbocycles. The van der Waals surface area contributed by atoms with Crippen LogP contribution in [0.1, 0.15) is 24.2 Å². The van der Waals surface area contributed by atoms with Gasteiger partial charge in [-0.3, -0.25) is 9.59 Å². The molecule has 0 spiro atoms. The molecule has 0 amide bonds. The van der Waals surface area contributed by atoms with Crippen molar-refractivity contribution in [1.82, 2.24) is 0 Å². The van der Waals surface area contributed by atoms with E-state index in [1.54, 1.807) is 26.0 Å². The Kier molecular flexibility index (Phi) is 6.03. The molecule has 1 N–H and O–H groups in total. The number of hydrogen-bond donors (Lipinski definition) is 1. The largest absolute Gasteiger partial charge is 0.481 e. The molecule has 0 unspecified atom stereocenters. The van der Waals surface area contributed by atoms with Crippen LogP contribution in [0.15, 0.2) is 30.3 Å². The van der Waals surface area contributed by atoms with E-state index >= 15 is 0 Å². The molecular weight excluding hydrogens is 300 g/mol. The predicted molar refractivity (Wildman–Crippen MR) is 85.1 cm³/mol. The van der Waals surface area contributed by atoms with Gasteiger partial charge in [0.1, 0.15) is 3.53 Å². The zero-order valence-electron chi connectivity index (χ0n) is 10.6. The van der Waals surface area contributed by atoms with Gasteiger partial charge in [0.25, 0.3) is 0 Å². The molecule has 1 aromatic carbocycles. The first-order chi connectivity index (χ1) is 8.83. The molecule has 19 heavy (non-hydrogen) atoms. The number of ketones is 1. The highest BCUT2D eigenvalue weighted by molar-refractivity contribution is 8.47. The zero-order chi connectivity index (χ0) is 14.5. The van der Waals surface area contributed by atoms with Crippen molar-refractivity contribution >= 4 is 51.0 Å². The molecule has 0 heterocycles. The van der Waals surface area contributed by atoms with Crippen LogP contribution in [0, 0.1) is 0 Å². The van der Waals surface area contributed by atoms with E-state index in [-0.39, 0.29) is 11.5 Å².